The van der Waals surface area contributed by atoms with Gasteiger partial charge in [0.25, 0.3) is 0 Å². The molecule has 0 aliphatic heterocycles. The van der Waals surface area contributed by atoms with Gasteiger partial charge in [0, 0.05) is 16.7 Å². The van der Waals surface area contributed by atoms with Crippen molar-refractivity contribution in [2.24, 2.45) is 50.2 Å². The minimum Gasteiger partial charge on any atom is -0.469 e. The molecule has 0 aromatic carbocycles. The van der Waals surface area contributed by atoms with Crippen LogP contribution in [0.2, 0.25) is 0 Å². The Hall–Kier alpha value is -2.22. The summed E-state index contributed by atoms with van der Waals surface area (Å²) in [6, 6.07) is 2.16. The summed E-state index contributed by atoms with van der Waals surface area (Å²) in [5.74, 6) is -0.617. The lowest BCUT2D eigenvalue weighted by Gasteiger charge is -2.67. The lowest BCUT2D eigenvalue weighted by atomic mass is 9.35. The highest BCUT2D eigenvalue weighted by atomic mass is 16.5. The van der Waals surface area contributed by atoms with E-state index < -0.39 is 16.2 Å². The van der Waals surface area contributed by atoms with Crippen LogP contribution < -0.4 is 0 Å². The molecule has 0 unspecified atom stereocenters. The van der Waals surface area contributed by atoms with Crippen molar-refractivity contribution in [1.82, 2.24) is 0 Å². The molecule has 0 saturated heterocycles. The molecule has 7 atom stereocenters. The molecule has 0 aromatic rings. The van der Waals surface area contributed by atoms with Crippen molar-refractivity contribution >= 4 is 17.5 Å². The number of Topliss-reactive ketones (excluding diaryl/α,β-unsaturated/α-hetero) is 1. The van der Waals surface area contributed by atoms with E-state index in [-0.39, 0.29) is 57.1 Å². The Morgan fingerprint density at radius 3 is 2.29 bits per heavy atom. The predicted octanol–water partition coefficient (Wildman–Crippen LogP) is 7.02. The maximum Gasteiger partial charge on any atom is 0.312 e. The zero-order chi connectivity index (χ0) is 28.7. The zero-order valence-electron chi connectivity index (χ0n) is 25.2. The van der Waals surface area contributed by atoms with Crippen LogP contribution in [-0.2, 0) is 19.1 Å². The number of nitriles is 1. The molecule has 0 heterocycles. The van der Waals surface area contributed by atoms with E-state index in [4.69, 9.17) is 4.74 Å². The van der Waals surface area contributed by atoms with E-state index in [1.165, 1.54) is 7.11 Å². The van der Waals surface area contributed by atoms with E-state index in [2.05, 4.69) is 54.5 Å². The molecule has 2 fully saturated rings. The summed E-state index contributed by atoms with van der Waals surface area (Å²) in [5, 5.41) is 9.85. The van der Waals surface area contributed by atoms with Crippen molar-refractivity contribution in [3.63, 3.8) is 0 Å². The fraction of sp³-hybridized carbons (Fsp3) is 0.758. The maximum atomic E-state index is 14.3. The molecule has 0 aromatic heterocycles. The van der Waals surface area contributed by atoms with Gasteiger partial charge in [-0.15, -0.1) is 0 Å². The summed E-state index contributed by atoms with van der Waals surface area (Å²) in [6.07, 6.45) is 8.53. The molecule has 4 rings (SSSR count). The third-order valence-electron chi connectivity index (χ3n) is 12.0. The van der Waals surface area contributed by atoms with E-state index in [0.717, 1.165) is 31.3 Å². The number of rotatable bonds is 3. The highest BCUT2D eigenvalue weighted by Gasteiger charge is 2.69. The van der Waals surface area contributed by atoms with E-state index in [1.54, 1.807) is 0 Å². The molecular weight excluding hydrogens is 474 g/mol. The van der Waals surface area contributed by atoms with Crippen molar-refractivity contribution in [1.29, 1.82) is 5.26 Å². The Morgan fingerprint density at radius 1 is 1.11 bits per heavy atom. The van der Waals surface area contributed by atoms with Crippen molar-refractivity contribution in [2.75, 3.05) is 7.11 Å². The van der Waals surface area contributed by atoms with Gasteiger partial charge in [0.2, 0.25) is 0 Å². The lowest BCUT2D eigenvalue weighted by Crippen LogP contribution is -2.64. The Balaban J connectivity index is 1.87. The molecule has 4 aliphatic carbocycles. The number of nitrogens with zero attached hydrogens (tertiary/aromatic N) is 1. The SMILES string of the molecule is COC(=O)[C@@]1(CCC(C)(C)C)CC[C@]2(C)[C@H](C(=O)C=C3[C@@]4(C)C=C(C#N)C(=O)C(C)(C)[C@@H]4CC[C@]32C)[C@@H]1C. The number of fused-ring (bicyclic) bond motifs is 5. The van der Waals surface area contributed by atoms with Crippen LogP contribution >= 0.6 is 0 Å². The number of esters is 1. The number of methoxy groups -OCH3 is 1. The third-order valence-corrected chi connectivity index (χ3v) is 12.0. The van der Waals surface area contributed by atoms with Crippen molar-refractivity contribution < 1.29 is 19.1 Å². The summed E-state index contributed by atoms with van der Waals surface area (Å²) in [6.45, 7) is 19.3. The first-order valence-corrected chi connectivity index (χ1v) is 14.4. The summed E-state index contributed by atoms with van der Waals surface area (Å²) in [7, 11) is 1.47. The molecule has 208 valence electrons. The lowest BCUT2D eigenvalue weighted by molar-refractivity contribution is -0.179. The number of carbonyl (C=O) groups is 3. The molecule has 0 amide bonds. The predicted molar refractivity (Wildman–Crippen MR) is 148 cm³/mol. The molecule has 0 N–H and O–H groups in total. The van der Waals surface area contributed by atoms with E-state index in [1.807, 2.05) is 26.0 Å². The molecule has 0 radical (unpaired) electrons. The largest absolute Gasteiger partial charge is 0.469 e. The average molecular weight is 522 g/mol. The zero-order valence-corrected chi connectivity index (χ0v) is 25.2. The second-order valence-corrected chi connectivity index (χ2v) is 15.3. The van der Waals surface area contributed by atoms with Crippen LogP contribution in [0, 0.1) is 61.6 Å². The van der Waals surface area contributed by atoms with Gasteiger partial charge in [0.1, 0.15) is 6.07 Å². The van der Waals surface area contributed by atoms with Crippen LogP contribution in [0.5, 0.6) is 0 Å². The van der Waals surface area contributed by atoms with Gasteiger partial charge in [0.05, 0.1) is 18.1 Å². The minimum atomic E-state index is -0.683. The van der Waals surface area contributed by atoms with Gasteiger partial charge in [-0.2, -0.15) is 5.26 Å². The van der Waals surface area contributed by atoms with Crippen LogP contribution in [-0.4, -0.2) is 24.6 Å². The van der Waals surface area contributed by atoms with Gasteiger partial charge in [-0.1, -0.05) is 74.0 Å². The number of ether oxygens (including phenoxy) is 1. The fourth-order valence-electron chi connectivity index (χ4n) is 9.49. The number of carbonyl (C=O) groups excluding carboxylic acids is 3. The summed E-state index contributed by atoms with van der Waals surface area (Å²) < 4.78 is 5.42. The number of hydrogen-bond donors (Lipinski definition) is 0. The molecule has 4 aliphatic rings. The molecule has 5 heteroatoms. The third kappa shape index (κ3) is 3.65. The van der Waals surface area contributed by atoms with Crippen LogP contribution in [0.4, 0.5) is 0 Å². The Bertz CT molecular complexity index is 1180. The Morgan fingerprint density at radius 2 is 1.74 bits per heavy atom. The normalized spacial score (nSPS) is 42.1. The smallest absolute Gasteiger partial charge is 0.312 e. The highest BCUT2D eigenvalue weighted by Crippen LogP contribution is 2.73. The number of ketones is 2. The van der Waals surface area contributed by atoms with Crippen LogP contribution in [0.25, 0.3) is 0 Å². The van der Waals surface area contributed by atoms with Crippen molar-refractivity contribution in [3.05, 3.63) is 23.3 Å². The van der Waals surface area contributed by atoms with E-state index >= 15 is 0 Å². The molecule has 0 spiro atoms. The first kappa shape index (κ1) is 28.8. The Kier molecular flexibility index (Phi) is 6.54. The standard InChI is InChI=1S/C33H47NO4/c1-20-25-22(35)17-24-30(7)18-21(19-34)26(36)29(5,6)23(30)11-12-31(24,8)32(25,9)14-16-33(20,27(37)38-10)15-13-28(2,3)4/h17-18,20,23,25H,11-16H2,1-10H3/t20-,23-,25-,30-,31+,32+,33-/m0/s1. The van der Waals surface area contributed by atoms with Gasteiger partial charge < -0.3 is 4.74 Å². The number of allylic oxidation sites excluding steroid dienone is 4. The van der Waals surface area contributed by atoms with Crippen LogP contribution in [0.1, 0.15) is 101 Å². The first-order valence-electron chi connectivity index (χ1n) is 14.4. The van der Waals surface area contributed by atoms with Crippen LogP contribution in [0.15, 0.2) is 23.3 Å². The van der Waals surface area contributed by atoms with E-state index in [9.17, 15) is 19.6 Å². The first-order chi connectivity index (χ1) is 17.4. The highest BCUT2D eigenvalue weighted by molar-refractivity contribution is 6.04. The number of hydrogen-bond acceptors (Lipinski definition) is 5. The van der Waals surface area contributed by atoms with E-state index in [0.29, 0.717) is 12.8 Å². The molecular formula is C33H47NO4. The summed E-state index contributed by atoms with van der Waals surface area (Å²) in [5.41, 5.74) is -1.18. The van der Waals surface area contributed by atoms with Gasteiger partial charge in [-0.05, 0) is 72.7 Å². The van der Waals surface area contributed by atoms with Gasteiger partial charge in [-0.25, -0.2) is 0 Å². The topological polar surface area (TPSA) is 84.2 Å². The summed E-state index contributed by atoms with van der Waals surface area (Å²) in [4.78, 5) is 40.9. The second-order valence-electron chi connectivity index (χ2n) is 15.3. The second kappa shape index (κ2) is 8.64. The van der Waals surface area contributed by atoms with Crippen LogP contribution in [0.3, 0.4) is 0 Å². The fourth-order valence-corrected chi connectivity index (χ4v) is 9.49. The van der Waals surface area contributed by atoms with Gasteiger partial charge in [0.15, 0.2) is 11.6 Å². The van der Waals surface area contributed by atoms with Gasteiger partial charge in [-0.3, -0.25) is 14.4 Å². The molecule has 0 bridgehead atoms. The molecule has 2 saturated carbocycles. The monoisotopic (exact) mass is 521 g/mol. The average Bonchev–Trinajstić information content (AvgIpc) is 2.82. The van der Waals surface area contributed by atoms with Crippen molar-refractivity contribution in [3.8, 4) is 6.07 Å². The maximum absolute atomic E-state index is 14.3. The molecule has 5 nitrogen and oxygen atoms in total. The summed E-state index contributed by atoms with van der Waals surface area (Å²) >= 11 is 0. The minimum absolute atomic E-state index is 0.0221. The van der Waals surface area contributed by atoms with Gasteiger partial charge >= 0.3 is 5.97 Å². The quantitative estimate of drug-likeness (QED) is 0.373. The van der Waals surface area contributed by atoms with Crippen molar-refractivity contribution in [2.45, 2.75) is 101 Å². The molecule has 38 heavy (non-hydrogen) atoms. The Labute approximate surface area is 229 Å².